The molecule has 2 heteroatoms. The van der Waals surface area contributed by atoms with Crippen LogP contribution < -0.4 is 5.32 Å². The zero-order valence-corrected chi connectivity index (χ0v) is 13.6. The third-order valence-electron chi connectivity index (χ3n) is 5.48. The number of nitrogens with zero attached hydrogens (tertiary/aromatic N) is 1. The first-order chi connectivity index (χ1) is 10.2. The maximum atomic E-state index is 3.84. The van der Waals surface area contributed by atoms with Gasteiger partial charge in [-0.05, 0) is 70.5 Å². The summed E-state index contributed by atoms with van der Waals surface area (Å²) < 4.78 is 0. The highest BCUT2D eigenvalue weighted by Gasteiger charge is 2.43. The van der Waals surface area contributed by atoms with Gasteiger partial charge in [-0.25, -0.2) is 0 Å². The lowest BCUT2D eigenvalue weighted by Gasteiger charge is -2.37. The van der Waals surface area contributed by atoms with E-state index in [-0.39, 0.29) is 0 Å². The second kappa shape index (κ2) is 6.50. The maximum Gasteiger partial charge on any atom is 0.0308 e. The van der Waals surface area contributed by atoms with Crippen LogP contribution in [-0.4, -0.2) is 36.1 Å². The Labute approximate surface area is 129 Å². The van der Waals surface area contributed by atoms with Gasteiger partial charge >= 0.3 is 0 Å². The van der Waals surface area contributed by atoms with Gasteiger partial charge in [0.1, 0.15) is 0 Å². The standard InChI is InChI=1S/C19H30N2/c1-16(9-10-17-7-4-3-5-8-17)21-14-6-13-20-19(2,15-21)18-11-12-18/h3-5,7-8,16,18,20H,6,9-15H2,1-2H3. The highest BCUT2D eigenvalue weighted by molar-refractivity contribution is 5.14. The molecule has 2 fully saturated rings. The summed E-state index contributed by atoms with van der Waals surface area (Å²) in [6, 6.07) is 11.6. The molecule has 21 heavy (non-hydrogen) atoms. The number of rotatable bonds is 5. The highest BCUT2D eigenvalue weighted by atomic mass is 15.2. The summed E-state index contributed by atoms with van der Waals surface area (Å²) in [6.07, 6.45) is 6.61. The van der Waals surface area contributed by atoms with Gasteiger partial charge in [0.2, 0.25) is 0 Å². The molecule has 1 saturated heterocycles. The van der Waals surface area contributed by atoms with E-state index in [0.29, 0.717) is 11.6 Å². The van der Waals surface area contributed by atoms with E-state index < -0.39 is 0 Å². The summed E-state index contributed by atoms with van der Waals surface area (Å²) in [5, 5.41) is 3.84. The molecular weight excluding hydrogens is 256 g/mol. The molecule has 1 aliphatic heterocycles. The molecule has 116 valence electrons. The summed E-state index contributed by atoms with van der Waals surface area (Å²) >= 11 is 0. The van der Waals surface area contributed by atoms with Gasteiger partial charge < -0.3 is 5.32 Å². The van der Waals surface area contributed by atoms with Gasteiger partial charge in [-0.3, -0.25) is 4.90 Å². The SMILES string of the molecule is CC(CCc1ccccc1)N1CCCNC(C)(C2CC2)C1. The number of nitrogens with one attached hydrogen (secondary N) is 1. The summed E-state index contributed by atoms with van der Waals surface area (Å²) in [7, 11) is 0. The highest BCUT2D eigenvalue weighted by Crippen LogP contribution is 2.40. The lowest BCUT2D eigenvalue weighted by molar-refractivity contribution is 0.153. The molecule has 1 aromatic carbocycles. The monoisotopic (exact) mass is 286 g/mol. The van der Waals surface area contributed by atoms with Gasteiger partial charge in [0.05, 0.1) is 0 Å². The van der Waals surface area contributed by atoms with Crippen molar-refractivity contribution in [3.63, 3.8) is 0 Å². The van der Waals surface area contributed by atoms with E-state index in [1.165, 1.54) is 57.3 Å². The van der Waals surface area contributed by atoms with E-state index in [1.54, 1.807) is 0 Å². The van der Waals surface area contributed by atoms with E-state index in [1.807, 2.05) is 0 Å². The second-order valence-electron chi connectivity index (χ2n) is 7.32. The lowest BCUT2D eigenvalue weighted by Crippen LogP contribution is -2.52. The van der Waals surface area contributed by atoms with Gasteiger partial charge in [0.25, 0.3) is 0 Å². The smallest absolute Gasteiger partial charge is 0.0308 e. The molecule has 2 aliphatic rings. The zero-order chi connectivity index (χ0) is 14.7. The van der Waals surface area contributed by atoms with Crippen LogP contribution in [0.15, 0.2) is 30.3 Å². The largest absolute Gasteiger partial charge is 0.310 e. The van der Waals surface area contributed by atoms with Crippen LogP contribution in [0.1, 0.15) is 45.1 Å². The van der Waals surface area contributed by atoms with Crippen LogP contribution in [0.4, 0.5) is 0 Å². The van der Waals surface area contributed by atoms with Crippen LogP contribution >= 0.6 is 0 Å². The van der Waals surface area contributed by atoms with E-state index >= 15 is 0 Å². The van der Waals surface area contributed by atoms with E-state index in [2.05, 4.69) is 54.4 Å². The molecule has 0 spiro atoms. The van der Waals surface area contributed by atoms with Crippen LogP contribution in [0.5, 0.6) is 0 Å². The fourth-order valence-corrected chi connectivity index (χ4v) is 3.79. The van der Waals surface area contributed by atoms with Crippen molar-refractivity contribution in [1.82, 2.24) is 10.2 Å². The van der Waals surface area contributed by atoms with Gasteiger partial charge in [0, 0.05) is 18.1 Å². The minimum Gasteiger partial charge on any atom is -0.310 e. The molecule has 0 amide bonds. The Morgan fingerprint density at radius 1 is 1.29 bits per heavy atom. The molecule has 1 aliphatic carbocycles. The van der Waals surface area contributed by atoms with Gasteiger partial charge in [-0.1, -0.05) is 30.3 Å². The molecule has 1 aromatic rings. The van der Waals surface area contributed by atoms with Crippen molar-refractivity contribution < 1.29 is 0 Å². The van der Waals surface area contributed by atoms with Gasteiger partial charge in [0.15, 0.2) is 0 Å². The van der Waals surface area contributed by atoms with Crippen molar-refractivity contribution in [2.24, 2.45) is 5.92 Å². The second-order valence-corrected chi connectivity index (χ2v) is 7.32. The first kappa shape index (κ1) is 15.1. The van der Waals surface area contributed by atoms with Crippen LogP contribution in [-0.2, 0) is 6.42 Å². The van der Waals surface area contributed by atoms with E-state index in [9.17, 15) is 0 Å². The molecule has 1 N–H and O–H groups in total. The number of benzene rings is 1. The average molecular weight is 286 g/mol. The summed E-state index contributed by atoms with van der Waals surface area (Å²) in [4.78, 5) is 2.74. The summed E-state index contributed by atoms with van der Waals surface area (Å²) in [5.74, 6) is 0.916. The van der Waals surface area contributed by atoms with Crippen molar-refractivity contribution >= 4 is 0 Å². The fourth-order valence-electron chi connectivity index (χ4n) is 3.79. The Morgan fingerprint density at radius 3 is 2.76 bits per heavy atom. The molecule has 0 radical (unpaired) electrons. The lowest BCUT2D eigenvalue weighted by atomic mass is 9.94. The maximum absolute atomic E-state index is 3.84. The first-order valence-corrected chi connectivity index (χ1v) is 8.70. The van der Waals surface area contributed by atoms with Gasteiger partial charge in [-0.15, -0.1) is 0 Å². The van der Waals surface area contributed by atoms with Crippen molar-refractivity contribution in [3.05, 3.63) is 35.9 Å². The normalized spacial score (nSPS) is 29.0. The molecule has 2 unspecified atom stereocenters. The van der Waals surface area contributed by atoms with E-state index in [4.69, 9.17) is 0 Å². The number of hydrogen-bond donors (Lipinski definition) is 1. The Balaban J connectivity index is 1.56. The predicted octanol–water partition coefficient (Wildman–Crippen LogP) is 3.47. The molecule has 1 saturated carbocycles. The average Bonchev–Trinajstić information content (AvgIpc) is 3.33. The van der Waals surface area contributed by atoms with Crippen molar-refractivity contribution in [2.45, 2.75) is 57.5 Å². The van der Waals surface area contributed by atoms with Crippen LogP contribution in [0.3, 0.4) is 0 Å². The van der Waals surface area contributed by atoms with Crippen molar-refractivity contribution in [3.8, 4) is 0 Å². The first-order valence-electron chi connectivity index (χ1n) is 8.70. The Bertz CT molecular complexity index is 440. The quantitative estimate of drug-likeness (QED) is 0.891. The van der Waals surface area contributed by atoms with Crippen LogP contribution in [0.2, 0.25) is 0 Å². The minimum atomic E-state index is 0.359. The third kappa shape index (κ3) is 3.87. The van der Waals surface area contributed by atoms with Crippen molar-refractivity contribution in [2.75, 3.05) is 19.6 Å². The molecule has 2 atom stereocenters. The zero-order valence-electron chi connectivity index (χ0n) is 13.6. The summed E-state index contributed by atoms with van der Waals surface area (Å²) in [6.45, 7) is 8.54. The topological polar surface area (TPSA) is 15.3 Å². The predicted molar refractivity (Wildman–Crippen MR) is 89.5 cm³/mol. The number of hydrogen-bond acceptors (Lipinski definition) is 2. The molecular formula is C19H30N2. The van der Waals surface area contributed by atoms with Crippen LogP contribution in [0.25, 0.3) is 0 Å². The Hall–Kier alpha value is -0.860. The third-order valence-corrected chi connectivity index (χ3v) is 5.48. The molecule has 3 rings (SSSR count). The molecule has 2 nitrogen and oxygen atoms in total. The Morgan fingerprint density at radius 2 is 2.05 bits per heavy atom. The summed E-state index contributed by atoms with van der Waals surface area (Å²) in [5.41, 5.74) is 1.83. The van der Waals surface area contributed by atoms with Crippen molar-refractivity contribution in [1.29, 1.82) is 0 Å². The fraction of sp³-hybridized carbons (Fsp3) is 0.684. The van der Waals surface area contributed by atoms with Gasteiger partial charge in [-0.2, -0.15) is 0 Å². The Kier molecular flexibility index (Phi) is 4.66. The minimum absolute atomic E-state index is 0.359. The molecule has 1 heterocycles. The van der Waals surface area contributed by atoms with Crippen LogP contribution in [0, 0.1) is 5.92 Å². The molecule has 0 aromatic heterocycles. The molecule has 0 bridgehead atoms. The number of aryl methyl sites for hydroxylation is 1. The van der Waals surface area contributed by atoms with E-state index in [0.717, 1.165) is 5.92 Å².